The molecule has 0 spiro atoms. The van der Waals surface area contributed by atoms with Gasteiger partial charge in [-0.1, -0.05) is 31.0 Å². The Morgan fingerprint density at radius 1 is 1.41 bits per heavy atom. The third-order valence-electron chi connectivity index (χ3n) is 4.98. The molecular weight excluding hydrogens is 274 g/mol. The number of rotatable bonds is 3. The number of carbonyl (C=O) groups is 1. The fourth-order valence-electron chi connectivity index (χ4n) is 3.80. The highest BCUT2D eigenvalue weighted by molar-refractivity contribution is 5.95. The number of anilines is 1. The molecule has 2 heterocycles. The molecule has 0 saturated carbocycles. The fraction of sp³-hybridized carbons (Fsp3) is 0.611. The van der Waals surface area contributed by atoms with E-state index in [-0.39, 0.29) is 6.03 Å². The molecule has 0 radical (unpaired) electrons. The smallest absolute Gasteiger partial charge is 0.322 e. The van der Waals surface area contributed by atoms with Gasteiger partial charge in [-0.25, -0.2) is 4.79 Å². The van der Waals surface area contributed by atoms with Crippen molar-refractivity contribution in [3.05, 3.63) is 29.3 Å². The number of urea groups is 1. The standard InChI is InChI=1S/C18H27N3O/c1-4-5-9-19-18(22)21-16-7-6-13(2)11-14(16)15-12-20(3)10-8-17(15)21/h6-7,11,15,17H,4-5,8-10,12H2,1-3H3,(H,19,22)/t15-,17-/m0/s1. The van der Waals surface area contributed by atoms with E-state index in [2.05, 4.69) is 49.3 Å². The summed E-state index contributed by atoms with van der Waals surface area (Å²) < 4.78 is 0. The molecule has 120 valence electrons. The first-order valence-corrected chi connectivity index (χ1v) is 8.48. The summed E-state index contributed by atoms with van der Waals surface area (Å²) in [6.07, 6.45) is 3.19. The van der Waals surface area contributed by atoms with Gasteiger partial charge in [0.1, 0.15) is 0 Å². The zero-order chi connectivity index (χ0) is 15.7. The van der Waals surface area contributed by atoms with Crippen LogP contribution in [-0.4, -0.2) is 43.7 Å². The second kappa shape index (κ2) is 6.29. The zero-order valence-electron chi connectivity index (χ0n) is 13.9. The van der Waals surface area contributed by atoms with E-state index in [0.717, 1.165) is 44.6 Å². The average Bonchev–Trinajstić information content (AvgIpc) is 2.80. The number of amides is 2. The Hall–Kier alpha value is -1.55. The molecule has 0 unspecified atom stereocenters. The topological polar surface area (TPSA) is 35.6 Å². The number of aryl methyl sites for hydroxylation is 1. The normalized spacial score (nSPS) is 24.0. The summed E-state index contributed by atoms with van der Waals surface area (Å²) in [7, 11) is 2.18. The molecule has 1 fully saturated rings. The first-order valence-electron chi connectivity index (χ1n) is 8.48. The van der Waals surface area contributed by atoms with Gasteiger partial charge in [-0.2, -0.15) is 0 Å². The average molecular weight is 301 g/mol. The van der Waals surface area contributed by atoms with Crippen LogP contribution < -0.4 is 10.2 Å². The Balaban J connectivity index is 1.88. The predicted octanol–water partition coefficient (Wildman–Crippen LogP) is 3.11. The molecule has 2 atom stereocenters. The van der Waals surface area contributed by atoms with Crippen molar-refractivity contribution in [2.75, 3.05) is 31.6 Å². The molecule has 1 aromatic carbocycles. The minimum atomic E-state index is 0.0793. The third kappa shape index (κ3) is 2.72. The van der Waals surface area contributed by atoms with Crippen molar-refractivity contribution in [1.29, 1.82) is 0 Å². The minimum Gasteiger partial charge on any atom is -0.338 e. The zero-order valence-corrected chi connectivity index (χ0v) is 13.9. The lowest BCUT2D eigenvalue weighted by Gasteiger charge is -2.36. The number of hydrogen-bond donors (Lipinski definition) is 1. The van der Waals surface area contributed by atoms with Gasteiger partial charge in [-0.15, -0.1) is 0 Å². The molecule has 0 aromatic heterocycles. The van der Waals surface area contributed by atoms with Crippen LogP contribution >= 0.6 is 0 Å². The largest absolute Gasteiger partial charge is 0.338 e. The number of nitrogens with one attached hydrogen (secondary N) is 1. The third-order valence-corrected chi connectivity index (χ3v) is 4.98. The second-order valence-corrected chi connectivity index (χ2v) is 6.74. The second-order valence-electron chi connectivity index (χ2n) is 6.74. The highest BCUT2D eigenvalue weighted by atomic mass is 16.2. The summed E-state index contributed by atoms with van der Waals surface area (Å²) in [5.74, 6) is 0.450. The van der Waals surface area contributed by atoms with Gasteiger partial charge >= 0.3 is 6.03 Å². The van der Waals surface area contributed by atoms with Crippen molar-refractivity contribution in [1.82, 2.24) is 10.2 Å². The van der Waals surface area contributed by atoms with Gasteiger partial charge < -0.3 is 10.2 Å². The van der Waals surface area contributed by atoms with Gasteiger partial charge in [-0.05, 0) is 45.0 Å². The molecular formula is C18H27N3O. The van der Waals surface area contributed by atoms with E-state index in [1.54, 1.807) is 0 Å². The van der Waals surface area contributed by atoms with Gasteiger partial charge in [0.05, 0.1) is 0 Å². The maximum absolute atomic E-state index is 12.7. The quantitative estimate of drug-likeness (QED) is 0.871. The van der Waals surface area contributed by atoms with E-state index in [9.17, 15) is 4.79 Å². The van der Waals surface area contributed by atoms with Crippen LogP contribution in [0, 0.1) is 6.92 Å². The number of unbranched alkanes of at least 4 members (excludes halogenated alkanes) is 1. The molecule has 0 bridgehead atoms. The summed E-state index contributed by atoms with van der Waals surface area (Å²) in [6.45, 7) is 7.15. The monoisotopic (exact) mass is 301 g/mol. The molecule has 1 aromatic rings. The molecule has 4 heteroatoms. The lowest BCUT2D eigenvalue weighted by molar-refractivity contribution is 0.219. The molecule has 1 N–H and O–H groups in total. The van der Waals surface area contributed by atoms with Crippen LogP contribution in [0.2, 0.25) is 0 Å². The van der Waals surface area contributed by atoms with Gasteiger partial charge in [0.2, 0.25) is 0 Å². The number of benzene rings is 1. The molecule has 2 aliphatic heterocycles. The Bertz CT molecular complexity index is 557. The number of piperidine rings is 1. The van der Waals surface area contributed by atoms with Crippen LogP contribution in [0.25, 0.3) is 0 Å². The SMILES string of the molecule is CCCCNC(=O)N1c2ccc(C)cc2[C@@H]2CN(C)CC[C@@H]21. The maximum Gasteiger partial charge on any atom is 0.322 e. The highest BCUT2D eigenvalue weighted by Crippen LogP contribution is 2.44. The molecule has 3 rings (SSSR count). The first-order chi connectivity index (χ1) is 10.6. The molecule has 1 saturated heterocycles. The summed E-state index contributed by atoms with van der Waals surface area (Å²) in [5.41, 5.74) is 3.74. The number of likely N-dealkylation sites (tertiary alicyclic amines) is 1. The highest BCUT2D eigenvalue weighted by Gasteiger charge is 2.43. The summed E-state index contributed by atoms with van der Waals surface area (Å²) in [4.78, 5) is 17.1. The summed E-state index contributed by atoms with van der Waals surface area (Å²) in [5, 5.41) is 3.10. The van der Waals surface area contributed by atoms with Crippen LogP contribution in [0.15, 0.2) is 18.2 Å². The molecule has 4 nitrogen and oxygen atoms in total. The predicted molar refractivity (Wildman–Crippen MR) is 90.6 cm³/mol. The van der Waals surface area contributed by atoms with E-state index >= 15 is 0 Å². The Morgan fingerprint density at radius 3 is 3.00 bits per heavy atom. The van der Waals surface area contributed by atoms with Gasteiger partial charge in [0.25, 0.3) is 0 Å². The molecule has 2 amide bonds. The van der Waals surface area contributed by atoms with Crippen molar-refractivity contribution in [2.45, 2.75) is 45.1 Å². The van der Waals surface area contributed by atoms with Crippen molar-refractivity contribution in [3.8, 4) is 0 Å². The lowest BCUT2D eigenvalue weighted by Crippen LogP contribution is -2.50. The van der Waals surface area contributed by atoms with Crippen molar-refractivity contribution in [2.24, 2.45) is 0 Å². The molecule has 22 heavy (non-hydrogen) atoms. The van der Waals surface area contributed by atoms with E-state index in [4.69, 9.17) is 0 Å². The number of carbonyl (C=O) groups excluding carboxylic acids is 1. The van der Waals surface area contributed by atoms with Crippen LogP contribution in [-0.2, 0) is 0 Å². The molecule has 0 aliphatic carbocycles. The lowest BCUT2D eigenvalue weighted by atomic mass is 9.89. The van der Waals surface area contributed by atoms with E-state index < -0.39 is 0 Å². The summed E-state index contributed by atoms with van der Waals surface area (Å²) in [6, 6.07) is 6.91. The van der Waals surface area contributed by atoms with Crippen molar-refractivity contribution >= 4 is 11.7 Å². The Kier molecular flexibility index (Phi) is 4.39. The van der Waals surface area contributed by atoms with Gasteiger partial charge in [0.15, 0.2) is 0 Å². The van der Waals surface area contributed by atoms with Crippen LogP contribution in [0.5, 0.6) is 0 Å². The summed E-state index contributed by atoms with van der Waals surface area (Å²) >= 11 is 0. The number of likely N-dealkylation sites (N-methyl/N-ethyl adjacent to an activating group) is 1. The van der Waals surface area contributed by atoms with Crippen LogP contribution in [0.3, 0.4) is 0 Å². The van der Waals surface area contributed by atoms with E-state index in [0.29, 0.717) is 12.0 Å². The van der Waals surface area contributed by atoms with E-state index in [1.807, 2.05) is 4.90 Å². The van der Waals surface area contributed by atoms with Crippen LogP contribution in [0.4, 0.5) is 10.5 Å². The first kappa shape index (κ1) is 15.3. The number of hydrogen-bond acceptors (Lipinski definition) is 2. The number of nitrogens with zero attached hydrogens (tertiary/aromatic N) is 2. The minimum absolute atomic E-state index is 0.0793. The van der Waals surface area contributed by atoms with Gasteiger partial charge in [0, 0.05) is 30.7 Å². The van der Waals surface area contributed by atoms with Gasteiger partial charge in [-0.3, -0.25) is 4.90 Å². The van der Waals surface area contributed by atoms with Crippen molar-refractivity contribution in [3.63, 3.8) is 0 Å². The fourth-order valence-corrected chi connectivity index (χ4v) is 3.80. The molecule has 2 aliphatic rings. The van der Waals surface area contributed by atoms with Crippen molar-refractivity contribution < 1.29 is 4.79 Å². The van der Waals surface area contributed by atoms with Crippen LogP contribution in [0.1, 0.15) is 43.2 Å². The van der Waals surface area contributed by atoms with E-state index in [1.165, 1.54) is 11.1 Å². The Labute approximate surface area is 133 Å². The number of fused-ring (bicyclic) bond motifs is 3. The Morgan fingerprint density at radius 2 is 2.23 bits per heavy atom. The maximum atomic E-state index is 12.7.